The van der Waals surface area contributed by atoms with Crippen LogP contribution in [0.5, 0.6) is 0 Å². The molecule has 1 aromatic heterocycles. The first-order chi connectivity index (χ1) is 9.81. The fourth-order valence-corrected chi connectivity index (χ4v) is 2.63. The summed E-state index contributed by atoms with van der Waals surface area (Å²) in [4.78, 5) is 2.40. The SMILES string of the molecule is CN1CCCC(Nc2ccc(-c3nnco3)cc2)CC1. The number of nitrogens with one attached hydrogen (secondary N) is 1. The molecule has 3 rings (SSSR count). The fourth-order valence-electron chi connectivity index (χ4n) is 2.63. The normalized spacial score (nSPS) is 20.6. The molecule has 1 fully saturated rings. The molecule has 1 saturated heterocycles. The van der Waals surface area contributed by atoms with Gasteiger partial charge in [0, 0.05) is 17.3 Å². The van der Waals surface area contributed by atoms with E-state index in [1.807, 2.05) is 12.1 Å². The number of anilines is 1. The highest BCUT2D eigenvalue weighted by Gasteiger charge is 2.14. The van der Waals surface area contributed by atoms with Crippen molar-refractivity contribution in [1.82, 2.24) is 15.1 Å². The van der Waals surface area contributed by atoms with Gasteiger partial charge in [0.05, 0.1) is 0 Å². The molecular weight excluding hydrogens is 252 g/mol. The summed E-state index contributed by atoms with van der Waals surface area (Å²) in [6, 6.07) is 8.74. The predicted molar refractivity (Wildman–Crippen MR) is 78.5 cm³/mol. The van der Waals surface area contributed by atoms with Crippen LogP contribution < -0.4 is 5.32 Å². The minimum Gasteiger partial charge on any atom is -0.423 e. The molecule has 5 heteroatoms. The summed E-state index contributed by atoms with van der Waals surface area (Å²) < 4.78 is 5.19. The maximum absolute atomic E-state index is 5.19. The van der Waals surface area contributed by atoms with E-state index in [0.29, 0.717) is 11.9 Å². The lowest BCUT2D eigenvalue weighted by Gasteiger charge is -2.18. The van der Waals surface area contributed by atoms with Crippen LogP contribution in [0.3, 0.4) is 0 Å². The summed E-state index contributed by atoms with van der Waals surface area (Å²) in [5, 5.41) is 11.2. The number of aromatic nitrogens is 2. The highest BCUT2D eigenvalue weighted by molar-refractivity contribution is 5.58. The van der Waals surface area contributed by atoms with Crippen molar-refractivity contribution < 1.29 is 4.42 Å². The zero-order valence-corrected chi connectivity index (χ0v) is 11.7. The number of benzene rings is 1. The third-order valence-electron chi connectivity index (χ3n) is 3.81. The van der Waals surface area contributed by atoms with E-state index < -0.39 is 0 Å². The number of likely N-dealkylation sites (tertiary alicyclic amines) is 1. The van der Waals surface area contributed by atoms with Crippen molar-refractivity contribution in [2.24, 2.45) is 0 Å². The molecule has 1 aromatic carbocycles. The summed E-state index contributed by atoms with van der Waals surface area (Å²) in [7, 11) is 2.20. The summed E-state index contributed by atoms with van der Waals surface area (Å²) in [6.07, 6.45) is 5.04. The van der Waals surface area contributed by atoms with Gasteiger partial charge in [0.15, 0.2) is 0 Å². The van der Waals surface area contributed by atoms with E-state index in [9.17, 15) is 0 Å². The van der Waals surface area contributed by atoms with E-state index in [1.165, 1.54) is 32.2 Å². The Hall–Kier alpha value is -1.88. The first kappa shape index (κ1) is 13.1. The molecular formula is C15H20N4O. The van der Waals surface area contributed by atoms with Gasteiger partial charge in [-0.15, -0.1) is 10.2 Å². The third kappa shape index (κ3) is 3.17. The highest BCUT2D eigenvalue weighted by atomic mass is 16.4. The maximum Gasteiger partial charge on any atom is 0.247 e. The lowest BCUT2D eigenvalue weighted by Crippen LogP contribution is -2.22. The Morgan fingerprint density at radius 2 is 2.05 bits per heavy atom. The Morgan fingerprint density at radius 1 is 1.20 bits per heavy atom. The molecule has 20 heavy (non-hydrogen) atoms. The molecule has 0 saturated carbocycles. The van der Waals surface area contributed by atoms with Crippen molar-refractivity contribution in [3.05, 3.63) is 30.7 Å². The van der Waals surface area contributed by atoms with E-state index in [4.69, 9.17) is 4.42 Å². The van der Waals surface area contributed by atoms with Gasteiger partial charge < -0.3 is 14.6 Å². The van der Waals surface area contributed by atoms with E-state index in [0.717, 1.165) is 17.8 Å². The molecule has 0 bridgehead atoms. The van der Waals surface area contributed by atoms with Crippen LogP contribution in [0.2, 0.25) is 0 Å². The Bertz CT molecular complexity index is 523. The molecule has 0 aliphatic carbocycles. The van der Waals surface area contributed by atoms with Crippen LogP contribution in [-0.2, 0) is 0 Å². The first-order valence-electron chi connectivity index (χ1n) is 7.13. The highest BCUT2D eigenvalue weighted by Crippen LogP contribution is 2.21. The van der Waals surface area contributed by atoms with Crippen LogP contribution in [-0.4, -0.2) is 41.3 Å². The molecule has 0 spiro atoms. The van der Waals surface area contributed by atoms with Gasteiger partial charge in [-0.1, -0.05) is 0 Å². The predicted octanol–water partition coefficient (Wildman–Crippen LogP) is 2.63. The standard InChI is InChI=1S/C15H20N4O/c1-19-9-2-3-13(8-10-19)17-14-6-4-12(5-7-14)15-18-16-11-20-15/h4-7,11,13,17H,2-3,8-10H2,1H3. The van der Waals surface area contributed by atoms with Gasteiger partial charge >= 0.3 is 0 Å². The third-order valence-corrected chi connectivity index (χ3v) is 3.81. The van der Waals surface area contributed by atoms with Crippen LogP contribution in [0.25, 0.3) is 11.5 Å². The van der Waals surface area contributed by atoms with Gasteiger partial charge in [-0.3, -0.25) is 0 Å². The fraction of sp³-hybridized carbons (Fsp3) is 0.467. The minimum absolute atomic E-state index is 0.563. The van der Waals surface area contributed by atoms with Crippen LogP contribution in [0.1, 0.15) is 19.3 Å². The first-order valence-corrected chi connectivity index (χ1v) is 7.13. The Kier molecular flexibility index (Phi) is 3.97. The van der Waals surface area contributed by atoms with Gasteiger partial charge in [0.25, 0.3) is 0 Å². The van der Waals surface area contributed by atoms with Crippen molar-refractivity contribution in [3.8, 4) is 11.5 Å². The van der Waals surface area contributed by atoms with Crippen molar-refractivity contribution in [2.75, 3.05) is 25.5 Å². The van der Waals surface area contributed by atoms with Crippen molar-refractivity contribution in [2.45, 2.75) is 25.3 Å². The summed E-state index contributed by atoms with van der Waals surface area (Å²) in [5.74, 6) is 0.563. The lowest BCUT2D eigenvalue weighted by molar-refractivity contribution is 0.348. The zero-order valence-electron chi connectivity index (χ0n) is 11.7. The zero-order chi connectivity index (χ0) is 13.8. The van der Waals surface area contributed by atoms with E-state index in [2.05, 4.69) is 39.6 Å². The number of rotatable bonds is 3. The molecule has 1 aliphatic rings. The molecule has 1 aliphatic heterocycles. The van der Waals surface area contributed by atoms with E-state index in [1.54, 1.807) is 0 Å². The second-order valence-electron chi connectivity index (χ2n) is 5.40. The van der Waals surface area contributed by atoms with Crippen molar-refractivity contribution in [1.29, 1.82) is 0 Å². The monoisotopic (exact) mass is 272 g/mol. The van der Waals surface area contributed by atoms with Crippen LogP contribution in [0, 0.1) is 0 Å². The average molecular weight is 272 g/mol. The van der Waals surface area contributed by atoms with Gasteiger partial charge in [0.1, 0.15) is 0 Å². The molecule has 1 atom stereocenters. The largest absolute Gasteiger partial charge is 0.423 e. The van der Waals surface area contributed by atoms with Crippen LogP contribution in [0.4, 0.5) is 5.69 Å². The average Bonchev–Trinajstić information content (AvgIpc) is 2.92. The van der Waals surface area contributed by atoms with Crippen molar-refractivity contribution >= 4 is 5.69 Å². The van der Waals surface area contributed by atoms with E-state index >= 15 is 0 Å². The number of nitrogens with zero attached hydrogens (tertiary/aromatic N) is 3. The maximum atomic E-state index is 5.19. The summed E-state index contributed by atoms with van der Waals surface area (Å²) in [5.41, 5.74) is 2.11. The van der Waals surface area contributed by atoms with Crippen LogP contribution in [0.15, 0.2) is 35.1 Å². The second kappa shape index (κ2) is 6.05. The number of hydrogen-bond donors (Lipinski definition) is 1. The quantitative estimate of drug-likeness (QED) is 0.931. The second-order valence-corrected chi connectivity index (χ2v) is 5.40. The van der Waals surface area contributed by atoms with Crippen molar-refractivity contribution in [3.63, 3.8) is 0 Å². The summed E-state index contributed by atoms with van der Waals surface area (Å²) in [6.45, 7) is 2.37. The molecule has 2 aromatic rings. The van der Waals surface area contributed by atoms with Gasteiger partial charge in [-0.25, -0.2) is 0 Å². The van der Waals surface area contributed by atoms with Gasteiger partial charge in [-0.05, 0) is 63.7 Å². The molecule has 5 nitrogen and oxygen atoms in total. The van der Waals surface area contributed by atoms with E-state index in [-0.39, 0.29) is 0 Å². The molecule has 0 amide bonds. The Morgan fingerprint density at radius 3 is 2.80 bits per heavy atom. The number of hydrogen-bond acceptors (Lipinski definition) is 5. The lowest BCUT2D eigenvalue weighted by atomic mass is 10.1. The molecule has 0 radical (unpaired) electrons. The Balaban J connectivity index is 1.63. The van der Waals surface area contributed by atoms with Crippen LogP contribution >= 0.6 is 0 Å². The Labute approximate surface area is 119 Å². The molecule has 1 unspecified atom stereocenters. The molecule has 106 valence electrons. The summed E-state index contributed by atoms with van der Waals surface area (Å²) >= 11 is 0. The topological polar surface area (TPSA) is 54.2 Å². The smallest absolute Gasteiger partial charge is 0.247 e. The minimum atomic E-state index is 0.563. The molecule has 1 N–H and O–H groups in total. The van der Waals surface area contributed by atoms with Gasteiger partial charge in [0.2, 0.25) is 12.3 Å². The molecule has 2 heterocycles. The van der Waals surface area contributed by atoms with Gasteiger partial charge in [-0.2, -0.15) is 0 Å².